The average molecular weight is 289 g/mol. The van der Waals surface area contributed by atoms with Crippen LogP contribution in [0.4, 0.5) is 8.78 Å². The van der Waals surface area contributed by atoms with Gasteiger partial charge in [0.1, 0.15) is 11.6 Å². The minimum atomic E-state index is -0.437. The molecule has 1 atom stereocenters. The highest BCUT2D eigenvalue weighted by Crippen LogP contribution is 2.19. The first-order chi connectivity index (χ1) is 10.1. The Balaban J connectivity index is 2.00. The molecule has 0 aliphatic carbocycles. The van der Waals surface area contributed by atoms with Crippen LogP contribution in [0.25, 0.3) is 0 Å². The number of benzene rings is 2. The molecule has 1 N–H and O–H groups in total. The van der Waals surface area contributed by atoms with E-state index in [9.17, 15) is 13.6 Å². The summed E-state index contributed by atoms with van der Waals surface area (Å²) in [6.07, 6.45) is 0.815. The molecular formula is C17H17F2NO. The molecule has 1 amide bonds. The van der Waals surface area contributed by atoms with Crippen LogP contribution in [0.1, 0.15) is 35.2 Å². The van der Waals surface area contributed by atoms with Crippen LogP contribution in [-0.2, 0) is 0 Å². The Bertz CT molecular complexity index is 610. The van der Waals surface area contributed by atoms with Gasteiger partial charge in [-0.05, 0) is 42.3 Å². The fourth-order valence-corrected chi connectivity index (χ4v) is 2.18. The van der Waals surface area contributed by atoms with Crippen LogP contribution in [0, 0.1) is 11.6 Å². The van der Waals surface area contributed by atoms with E-state index in [1.54, 1.807) is 18.2 Å². The SMILES string of the molecule is CC[C@@H](CNC(=O)c1cccc(F)c1)c1ccc(F)cc1. The van der Waals surface area contributed by atoms with Gasteiger partial charge in [0.2, 0.25) is 0 Å². The maximum absolute atomic E-state index is 13.1. The van der Waals surface area contributed by atoms with E-state index >= 15 is 0 Å². The molecular weight excluding hydrogens is 272 g/mol. The van der Waals surface area contributed by atoms with Crippen molar-refractivity contribution in [3.63, 3.8) is 0 Å². The van der Waals surface area contributed by atoms with E-state index in [0.717, 1.165) is 12.0 Å². The molecule has 2 aromatic carbocycles. The highest BCUT2D eigenvalue weighted by molar-refractivity contribution is 5.94. The first-order valence-electron chi connectivity index (χ1n) is 6.89. The summed E-state index contributed by atoms with van der Waals surface area (Å²) < 4.78 is 26.0. The Morgan fingerprint density at radius 2 is 1.81 bits per heavy atom. The van der Waals surface area contributed by atoms with Crippen LogP contribution >= 0.6 is 0 Å². The Labute approximate surface area is 122 Å². The fourth-order valence-electron chi connectivity index (χ4n) is 2.18. The lowest BCUT2D eigenvalue weighted by Gasteiger charge is -2.16. The van der Waals surface area contributed by atoms with Crippen LogP contribution < -0.4 is 5.32 Å². The van der Waals surface area contributed by atoms with Crippen LogP contribution in [0.5, 0.6) is 0 Å². The lowest BCUT2D eigenvalue weighted by molar-refractivity contribution is 0.0950. The number of rotatable bonds is 5. The number of halogens is 2. The smallest absolute Gasteiger partial charge is 0.251 e. The monoisotopic (exact) mass is 289 g/mol. The number of carbonyl (C=O) groups excluding carboxylic acids is 1. The van der Waals surface area contributed by atoms with Crippen molar-refractivity contribution in [1.29, 1.82) is 0 Å². The van der Waals surface area contributed by atoms with E-state index in [4.69, 9.17) is 0 Å². The van der Waals surface area contributed by atoms with E-state index in [0.29, 0.717) is 12.1 Å². The highest BCUT2D eigenvalue weighted by atomic mass is 19.1. The molecule has 0 heterocycles. The summed E-state index contributed by atoms with van der Waals surface area (Å²) in [6.45, 7) is 2.43. The first-order valence-corrected chi connectivity index (χ1v) is 6.89. The van der Waals surface area contributed by atoms with Crippen molar-refractivity contribution in [3.05, 3.63) is 71.3 Å². The predicted molar refractivity (Wildman–Crippen MR) is 78.2 cm³/mol. The Hall–Kier alpha value is -2.23. The van der Waals surface area contributed by atoms with Gasteiger partial charge in [0.05, 0.1) is 0 Å². The molecule has 4 heteroatoms. The minimum absolute atomic E-state index is 0.100. The molecule has 110 valence electrons. The lowest BCUT2D eigenvalue weighted by Crippen LogP contribution is -2.28. The van der Waals surface area contributed by atoms with E-state index in [1.165, 1.54) is 30.3 Å². The quantitative estimate of drug-likeness (QED) is 0.889. The van der Waals surface area contributed by atoms with Gasteiger partial charge in [0.15, 0.2) is 0 Å². The van der Waals surface area contributed by atoms with Gasteiger partial charge in [-0.15, -0.1) is 0 Å². The van der Waals surface area contributed by atoms with Crippen molar-refractivity contribution in [2.45, 2.75) is 19.3 Å². The van der Waals surface area contributed by atoms with E-state index in [1.807, 2.05) is 6.92 Å². The van der Waals surface area contributed by atoms with Gasteiger partial charge >= 0.3 is 0 Å². The van der Waals surface area contributed by atoms with Gasteiger partial charge in [0.25, 0.3) is 5.91 Å². The van der Waals surface area contributed by atoms with Gasteiger partial charge in [-0.1, -0.05) is 25.1 Å². The molecule has 2 aromatic rings. The van der Waals surface area contributed by atoms with E-state index in [-0.39, 0.29) is 17.6 Å². The summed E-state index contributed by atoms with van der Waals surface area (Å²) in [7, 11) is 0. The summed E-state index contributed by atoms with van der Waals surface area (Å²) >= 11 is 0. The summed E-state index contributed by atoms with van der Waals surface area (Å²) in [5, 5.41) is 2.79. The molecule has 0 radical (unpaired) electrons. The fraction of sp³-hybridized carbons (Fsp3) is 0.235. The molecule has 0 saturated heterocycles. The van der Waals surface area contributed by atoms with Gasteiger partial charge in [-0.25, -0.2) is 8.78 Å². The van der Waals surface area contributed by atoms with Crippen molar-refractivity contribution in [1.82, 2.24) is 5.32 Å². The van der Waals surface area contributed by atoms with Gasteiger partial charge in [-0.2, -0.15) is 0 Å². The number of hydrogen-bond donors (Lipinski definition) is 1. The third kappa shape index (κ3) is 4.12. The standard InChI is InChI=1S/C17H17F2NO/c1-2-12(13-6-8-15(18)9-7-13)11-20-17(21)14-4-3-5-16(19)10-14/h3-10,12H,2,11H2,1H3,(H,20,21)/t12-/m0/s1. The molecule has 0 aliphatic rings. The molecule has 0 aliphatic heterocycles. The minimum Gasteiger partial charge on any atom is -0.351 e. The number of nitrogens with one attached hydrogen (secondary N) is 1. The molecule has 0 bridgehead atoms. The molecule has 2 rings (SSSR count). The van der Waals surface area contributed by atoms with Crippen LogP contribution in [0.15, 0.2) is 48.5 Å². The summed E-state index contributed by atoms with van der Waals surface area (Å²) in [4.78, 5) is 12.0. The molecule has 0 spiro atoms. The second-order valence-electron chi connectivity index (χ2n) is 4.88. The van der Waals surface area contributed by atoms with Gasteiger partial charge in [-0.3, -0.25) is 4.79 Å². The summed E-state index contributed by atoms with van der Waals surface area (Å²) in [5.74, 6) is -0.927. The average Bonchev–Trinajstić information content (AvgIpc) is 2.49. The zero-order chi connectivity index (χ0) is 15.2. The number of hydrogen-bond acceptors (Lipinski definition) is 1. The molecule has 21 heavy (non-hydrogen) atoms. The second kappa shape index (κ2) is 6.97. The topological polar surface area (TPSA) is 29.1 Å². The highest BCUT2D eigenvalue weighted by Gasteiger charge is 2.12. The van der Waals surface area contributed by atoms with Crippen molar-refractivity contribution in [2.24, 2.45) is 0 Å². The maximum atomic E-state index is 13.1. The zero-order valence-electron chi connectivity index (χ0n) is 11.8. The van der Waals surface area contributed by atoms with E-state index in [2.05, 4.69) is 5.32 Å². The largest absolute Gasteiger partial charge is 0.351 e. The van der Waals surface area contributed by atoms with Crippen LogP contribution in [-0.4, -0.2) is 12.5 Å². The molecule has 0 aromatic heterocycles. The maximum Gasteiger partial charge on any atom is 0.251 e. The third-order valence-corrected chi connectivity index (χ3v) is 3.43. The Morgan fingerprint density at radius 1 is 1.10 bits per heavy atom. The number of carbonyl (C=O) groups is 1. The van der Waals surface area contributed by atoms with Gasteiger partial charge < -0.3 is 5.32 Å². The van der Waals surface area contributed by atoms with Crippen LogP contribution in [0.2, 0.25) is 0 Å². The second-order valence-corrected chi connectivity index (χ2v) is 4.88. The summed E-state index contributed by atoms with van der Waals surface area (Å²) in [5.41, 5.74) is 1.27. The van der Waals surface area contributed by atoms with Crippen molar-refractivity contribution in [2.75, 3.05) is 6.54 Å². The van der Waals surface area contributed by atoms with Crippen LogP contribution in [0.3, 0.4) is 0 Å². The van der Waals surface area contributed by atoms with Crippen molar-refractivity contribution < 1.29 is 13.6 Å². The predicted octanol–water partition coefficient (Wildman–Crippen LogP) is 3.89. The van der Waals surface area contributed by atoms with E-state index < -0.39 is 5.82 Å². The molecule has 0 fully saturated rings. The van der Waals surface area contributed by atoms with Crippen molar-refractivity contribution >= 4 is 5.91 Å². The number of amides is 1. The zero-order valence-corrected chi connectivity index (χ0v) is 11.8. The molecule has 0 saturated carbocycles. The Kier molecular flexibility index (Phi) is 5.04. The Morgan fingerprint density at radius 3 is 2.43 bits per heavy atom. The normalized spacial score (nSPS) is 12.0. The first kappa shape index (κ1) is 15.2. The lowest BCUT2D eigenvalue weighted by atomic mass is 9.96. The van der Waals surface area contributed by atoms with Crippen molar-refractivity contribution in [3.8, 4) is 0 Å². The summed E-state index contributed by atoms with van der Waals surface area (Å²) in [6, 6.07) is 11.8. The molecule has 0 unspecified atom stereocenters. The van der Waals surface area contributed by atoms with Gasteiger partial charge in [0, 0.05) is 18.0 Å². The molecule has 2 nitrogen and oxygen atoms in total. The third-order valence-electron chi connectivity index (χ3n) is 3.43.